The zero-order chi connectivity index (χ0) is 17.1. The first-order valence-corrected chi connectivity index (χ1v) is 8.35. The Kier molecular flexibility index (Phi) is 4.94. The van der Waals surface area contributed by atoms with Gasteiger partial charge in [0.25, 0.3) is 5.91 Å². The number of piperazine rings is 2. The molecule has 0 spiro atoms. The van der Waals surface area contributed by atoms with Crippen LogP contribution < -0.4 is 4.90 Å². The molecule has 0 radical (unpaired) electrons. The Hall–Kier alpha value is -2.22. The van der Waals surface area contributed by atoms with Crippen LogP contribution in [0.1, 0.15) is 17.4 Å². The molecule has 0 saturated carbocycles. The predicted octanol–water partition coefficient (Wildman–Crippen LogP) is -0.467. The van der Waals surface area contributed by atoms with E-state index in [0.717, 1.165) is 32.0 Å². The third kappa shape index (κ3) is 3.64. The molecule has 0 atom stereocenters. The molecule has 130 valence electrons. The van der Waals surface area contributed by atoms with Crippen molar-refractivity contribution in [2.24, 2.45) is 0 Å². The van der Waals surface area contributed by atoms with Crippen molar-refractivity contribution in [3.05, 3.63) is 18.1 Å². The largest absolute Gasteiger partial charge is 0.353 e. The van der Waals surface area contributed by atoms with Gasteiger partial charge in [-0.2, -0.15) is 0 Å². The molecule has 2 fully saturated rings. The van der Waals surface area contributed by atoms with Crippen molar-refractivity contribution in [3.63, 3.8) is 0 Å². The van der Waals surface area contributed by atoms with Gasteiger partial charge in [0, 0.05) is 59.3 Å². The Morgan fingerprint density at radius 3 is 2.04 bits per heavy atom. The minimum absolute atomic E-state index is 0.0541. The van der Waals surface area contributed by atoms with Gasteiger partial charge in [0.15, 0.2) is 0 Å². The Morgan fingerprint density at radius 2 is 1.50 bits per heavy atom. The lowest BCUT2D eigenvalue weighted by atomic mass is 10.2. The molecule has 0 aromatic carbocycles. The van der Waals surface area contributed by atoms with Gasteiger partial charge in [-0.3, -0.25) is 9.59 Å². The number of amides is 2. The molecule has 2 saturated heterocycles. The van der Waals surface area contributed by atoms with Crippen LogP contribution in [0, 0.1) is 0 Å². The zero-order valence-electron chi connectivity index (χ0n) is 14.3. The van der Waals surface area contributed by atoms with E-state index < -0.39 is 0 Å². The van der Waals surface area contributed by atoms with Crippen molar-refractivity contribution in [1.29, 1.82) is 0 Å². The SMILES string of the molecule is CC(=O)N1CCN(C(=O)c2cnc(N3CCN(C)CC3)cn2)CC1. The molecule has 2 aliphatic rings. The number of carbonyl (C=O) groups is 2. The summed E-state index contributed by atoms with van der Waals surface area (Å²) in [6.45, 7) is 7.64. The smallest absolute Gasteiger partial charge is 0.274 e. The van der Waals surface area contributed by atoms with Crippen molar-refractivity contribution >= 4 is 17.6 Å². The Labute approximate surface area is 142 Å². The first kappa shape index (κ1) is 16.6. The van der Waals surface area contributed by atoms with Gasteiger partial charge in [0.1, 0.15) is 11.5 Å². The van der Waals surface area contributed by atoms with Crippen LogP contribution >= 0.6 is 0 Å². The maximum Gasteiger partial charge on any atom is 0.274 e. The van der Waals surface area contributed by atoms with Crippen LogP contribution in [0.15, 0.2) is 12.4 Å². The molecule has 0 aliphatic carbocycles. The summed E-state index contributed by atoms with van der Waals surface area (Å²) in [4.78, 5) is 40.5. The summed E-state index contributed by atoms with van der Waals surface area (Å²) >= 11 is 0. The van der Waals surface area contributed by atoms with Crippen LogP contribution in [0.2, 0.25) is 0 Å². The Morgan fingerprint density at radius 1 is 0.875 bits per heavy atom. The number of anilines is 1. The molecule has 1 aromatic heterocycles. The van der Waals surface area contributed by atoms with Gasteiger partial charge in [-0.25, -0.2) is 9.97 Å². The minimum Gasteiger partial charge on any atom is -0.353 e. The third-order valence-electron chi connectivity index (χ3n) is 4.70. The van der Waals surface area contributed by atoms with Crippen molar-refractivity contribution < 1.29 is 9.59 Å². The van der Waals surface area contributed by atoms with Crippen molar-refractivity contribution in [2.45, 2.75) is 6.92 Å². The molecule has 3 heterocycles. The third-order valence-corrected chi connectivity index (χ3v) is 4.70. The van der Waals surface area contributed by atoms with Gasteiger partial charge in [0.05, 0.1) is 12.4 Å². The fraction of sp³-hybridized carbons (Fsp3) is 0.625. The average Bonchev–Trinajstić information content (AvgIpc) is 2.62. The highest BCUT2D eigenvalue weighted by Crippen LogP contribution is 2.13. The number of carbonyl (C=O) groups excluding carboxylic acids is 2. The van der Waals surface area contributed by atoms with Crippen LogP contribution in [0.3, 0.4) is 0 Å². The standard InChI is InChI=1S/C16H24N6O2/c1-13(23)20-7-9-22(10-8-20)16(24)14-11-18-15(12-17-14)21-5-3-19(2)4-6-21/h11-12H,3-10H2,1-2H3. The lowest BCUT2D eigenvalue weighted by molar-refractivity contribution is -0.130. The van der Waals surface area contributed by atoms with Gasteiger partial charge >= 0.3 is 0 Å². The number of hydrogen-bond donors (Lipinski definition) is 0. The van der Waals surface area contributed by atoms with E-state index in [1.165, 1.54) is 0 Å². The van der Waals surface area contributed by atoms with E-state index in [4.69, 9.17) is 0 Å². The molecule has 0 bridgehead atoms. The van der Waals surface area contributed by atoms with E-state index >= 15 is 0 Å². The van der Waals surface area contributed by atoms with Gasteiger partial charge < -0.3 is 19.6 Å². The normalized spacial score (nSPS) is 19.5. The molecular formula is C16H24N6O2. The monoisotopic (exact) mass is 332 g/mol. The summed E-state index contributed by atoms with van der Waals surface area (Å²) in [5.41, 5.74) is 0.365. The summed E-state index contributed by atoms with van der Waals surface area (Å²) < 4.78 is 0. The summed E-state index contributed by atoms with van der Waals surface area (Å²) in [5.74, 6) is 0.759. The highest BCUT2D eigenvalue weighted by molar-refractivity contribution is 5.92. The lowest BCUT2D eigenvalue weighted by Crippen LogP contribution is -2.50. The van der Waals surface area contributed by atoms with Gasteiger partial charge in [0.2, 0.25) is 5.91 Å². The first-order chi connectivity index (χ1) is 11.5. The maximum atomic E-state index is 12.5. The molecule has 24 heavy (non-hydrogen) atoms. The van der Waals surface area contributed by atoms with E-state index in [-0.39, 0.29) is 11.8 Å². The average molecular weight is 332 g/mol. The fourth-order valence-electron chi connectivity index (χ4n) is 3.02. The second-order valence-electron chi connectivity index (χ2n) is 6.35. The van der Waals surface area contributed by atoms with E-state index in [1.807, 2.05) is 0 Å². The number of rotatable bonds is 2. The Bertz CT molecular complexity index is 589. The predicted molar refractivity (Wildman–Crippen MR) is 89.9 cm³/mol. The van der Waals surface area contributed by atoms with Crippen LogP contribution in [-0.2, 0) is 4.79 Å². The van der Waals surface area contributed by atoms with E-state index in [1.54, 1.807) is 29.1 Å². The number of aromatic nitrogens is 2. The second kappa shape index (κ2) is 7.12. The van der Waals surface area contributed by atoms with Gasteiger partial charge in [-0.05, 0) is 7.05 Å². The molecule has 3 rings (SSSR count). The summed E-state index contributed by atoms with van der Waals surface area (Å²) in [5, 5.41) is 0. The highest BCUT2D eigenvalue weighted by atomic mass is 16.2. The lowest BCUT2D eigenvalue weighted by Gasteiger charge is -2.34. The Balaban J connectivity index is 1.59. The van der Waals surface area contributed by atoms with Crippen molar-refractivity contribution in [1.82, 2.24) is 24.7 Å². The molecule has 0 N–H and O–H groups in total. The van der Waals surface area contributed by atoms with Crippen molar-refractivity contribution in [3.8, 4) is 0 Å². The van der Waals surface area contributed by atoms with Crippen molar-refractivity contribution in [2.75, 3.05) is 64.3 Å². The molecule has 8 nitrogen and oxygen atoms in total. The van der Waals surface area contributed by atoms with E-state index in [9.17, 15) is 9.59 Å². The molecule has 2 amide bonds. The molecule has 0 unspecified atom stereocenters. The van der Waals surface area contributed by atoms with Crippen LogP contribution in [0.25, 0.3) is 0 Å². The summed E-state index contributed by atoms with van der Waals surface area (Å²) in [7, 11) is 2.11. The number of nitrogens with zero attached hydrogens (tertiary/aromatic N) is 6. The molecule has 2 aliphatic heterocycles. The maximum absolute atomic E-state index is 12.5. The molecule has 1 aromatic rings. The van der Waals surface area contributed by atoms with Crippen LogP contribution in [0.4, 0.5) is 5.82 Å². The number of likely N-dealkylation sites (N-methyl/N-ethyl adjacent to an activating group) is 1. The van der Waals surface area contributed by atoms with Gasteiger partial charge in [-0.1, -0.05) is 0 Å². The van der Waals surface area contributed by atoms with Crippen LogP contribution in [0.5, 0.6) is 0 Å². The molecular weight excluding hydrogens is 308 g/mol. The van der Waals surface area contributed by atoms with E-state index in [2.05, 4.69) is 26.8 Å². The topological polar surface area (TPSA) is 72.9 Å². The first-order valence-electron chi connectivity index (χ1n) is 8.35. The summed E-state index contributed by atoms with van der Waals surface area (Å²) in [6.07, 6.45) is 3.25. The van der Waals surface area contributed by atoms with Gasteiger partial charge in [-0.15, -0.1) is 0 Å². The minimum atomic E-state index is -0.115. The quantitative estimate of drug-likeness (QED) is 0.729. The highest BCUT2D eigenvalue weighted by Gasteiger charge is 2.24. The summed E-state index contributed by atoms with van der Waals surface area (Å²) in [6, 6.07) is 0. The van der Waals surface area contributed by atoms with E-state index in [0.29, 0.717) is 31.9 Å². The number of hydrogen-bond acceptors (Lipinski definition) is 6. The zero-order valence-corrected chi connectivity index (χ0v) is 14.3. The molecule has 8 heteroatoms. The van der Waals surface area contributed by atoms with Crippen LogP contribution in [-0.4, -0.2) is 95.9 Å². The fourth-order valence-corrected chi connectivity index (χ4v) is 3.02. The second-order valence-corrected chi connectivity index (χ2v) is 6.35.